The Bertz CT molecular complexity index is 1170. The monoisotopic (exact) mass is 765 g/mol. The van der Waals surface area contributed by atoms with E-state index in [2.05, 4.69) is 5.16 Å². The number of aliphatic hydroxyl groups excluding tert-OH is 3. The number of ether oxygens (including phenoxy) is 6. The molecule has 17 atom stereocenters. The largest absolute Gasteiger partial charge is 0.459 e. The molecule has 53 heavy (non-hydrogen) atoms. The first-order valence-corrected chi connectivity index (χ1v) is 19.3. The van der Waals surface area contributed by atoms with Crippen LogP contribution >= 0.6 is 0 Å². The van der Waals surface area contributed by atoms with E-state index in [0.717, 1.165) is 0 Å². The summed E-state index contributed by atoms with van der Waals surface area (Å²) in [7, 11) is 5.18. The third-order valence-electron chi connectivity index (χ3n) is 11.6. The van der Waals surface area contributed by atoms with E-state index in [9.17, 15) is 35.5 Å². The van der Waals surface area contributed by atoms with E-state index in [1.165, 1.54) is 14.0 Å². The number of cyclic esters (lactones) is 1. The molecule has 0 aliphatic carbocycles. The Balaban J connectivity index is 0.00000477. The van der Waals surface area contributed by atoms with Gasteiger partial charge in [0.2, 0.25) is 0 Å². The molecule has 0 aromatic carbocycles. The fourth-order valence-electron chi connectivity index (χ4n) is 8.02. The van der Waals surface area contributed by atoms with E-state index < -0.39 is 95.8 Å². The summed E-state index contributed by atoms with van der Waals surface area (Å²) in [5.41, 5.74) is -4.63. The summed E-state index contributed by atoms with van der Waals surface area (Å²) in [5.74, 6) is -3.36. The molecular weight excluding hydrogens is 692 g/mol. The Labute approximate surface area is 316 Å². The highest BCUT2D eigenvalue weighted by Gasteiger charge is 2.51. The summed E-state index contributed by atoms with van der Waals surface area (Å²) in [5, 5.41) is 71.3. The summed E-state index contributed by atoms with van der Waals surface area (Å²) in [4.78, 5) is 15.9. The Morgan fingerprint density at radius 1 is 0.906 bits per heavy atom. The predicted molar refractivity (Wildman–Crippen MR) is 197 cm³/mol. The molecule has 3 rings (SSSR count). The van der Waals surface area contributed by atoms with E-state index >= 15 is 0 Å². The van der Waals surface area contributed by atoms with Crippen LogP contribution in [0.15, 0.2) is 5.16 Å². The Kier molecular flexibility index (Phi) is 17.6. The quantitative estimate of drug-likeness (QED) is 0.125. The number of esters is 1. The van der Waals surface area contributed by atoms with Gasteiger partial charge in [0.25, 0.3) is 0 Å². The highest BCUT2D eigenvalue weighted by molar-refractivity contribution is 5.88. The van der Waals surface area contributed by atoms with E-state index in [4.69, 9.17) is 28.4 Å². The summed E-state index contributed by atoms with van der Waals surface area (Å²) in [6.45, 7) is 18.8. The third-order valence-corrected chi connectivity index (χ3v) is 11.6. The molecule has 3 aliphatic heterocycles. The van der Waals surface area contributed by atoms with Crippen molar-refractivity contribution in [1.29, 1.82) is 0 Å². The lowest BCUT2D eigenvalue weighted by Crippen LogP contribution is -2.59. The van der Waals surface area contributed by atoms with E-state index in [0.29, 0.717) is 6.42 Å². The molecular formula is C38H72N2O13. The molecule has 9 unspecified atom stereocenters. The number of likely N-dealkylation sites (N-methyl/N-ethyl adjacent to an activating group) is 1. The summed E-state index contributed by atoms with van der Waals surface area (Å²) >= 11 is 0. The molecule has 0 radical (unpaired) electrons. The van der Waals surface area contributed by atoms with Gasteiger partial charge < -0.3 is 64.1 Å². The van der Waals surface area contributed by atoms with Crippen LogP contribution < -0.4 is 0 Å². The molecule has 15 nitrogen and oxygen atoms in total. The van der Waals surface area contributed by atoms with Crippen molar-refractivity contribution in [2.75, 3.05) is 21.2 Å². The maximum atomic E-state index is 14.0. The highest BCUT2D eigenvalue weighted by atomic mass is 16.7. The van der Waals surface area contributed by atoms with Gasteiger partial charge in [-0.25, -0.2) is 0 Å². The first kappa shape index (κ1) is 47.7. The molecule has 3 saturated heterocycles. The minimum Gasteiger partial charge on any atom is -0.459 e. The van der Waals surface area contributed by atoms with Crippen LogP contribution in [0.3, 0.4) is 0 Å². The lowest BCUT2D eigenvalue weighted by Gasteiger charge is -2.47. The number of carbonyl (C=O) groups excluding carboxylic acids is 1. The zero-order valence-electron chi connectivity index (χ0n) is 34.6. The van der Waals surface area contributed by atoms with Crippen LogP contribution in [0.1, 0.15) is 108 Å². The summed E-state index contributed by atoms with van der Waals surface area (Å²) < 4.78 is 36.8. The minimum absolute atomic E-state index is 0.0562. The van der Waals surface area contributed by atoms with Gasteiger partial charge in [0.1, 0.15) is 23.9 Å². The predicted octanol–water partition coefficient (Wildman–Crippen LogP) is 2.83. The highest BCUT2D eigenvalue weighted by Crippen LogP contribution is 2.39. The van der Waals surface area contributed by atoms with Crippen LogP contribution in [-0.4, -0.2) is 153 Å². The maximum absolute atomic E-state index is 14.0. The van der Waals surface area contributed by atoms with Gasteiger partial charge in [-0.05, 0) is 74.9 Å². The maximum Gasteiger partial charge on any atom is 0.311 e. The smallest absolute Gasteiger partial charge is 0.311 e. The number of oxime groups is 1. The van der Waals surface area contributed by atoms with Crippen LogP contribution in [0.5, 0.6) is 0 Å². The normalized spacial score (nSPS) is 47.3. The second-order valence-corrected chi connectivity index (χ2v) is 16.1. The van der Waals surface area contributed by atoms with Gasteiger partial charge in [-0.2, -0.15) is 0 Å². The van der Waals surface area contributed by atoms with Gasteiger partial charge in [0.05, 0.1) is 53.4 Å². The molecule has 0 bridgehead atoms. The van der Waals surface area contributed by atoms with Crippen molar-refractivity contribution in [3.8, 4) is 0 Å². The Morgan fingerprint density at radius 2 is 1.51 bits per heavy atom. The number of nitrogens with zero attached hydrogens (tertiary/aromatic N) is 2. The molecule has 6 N–H and O–H groups in total. The molecule has 15 heteroatoms. The third kappa shape index (κ3) is 11.1. The molecule has 3 aliphatic rings. The lowest BCUT2D eigenvalue weighted by atomic mass is 9.75. The van der Waals surface area contributed by atoms with Gasteiger partial charge in [0, 0.05) is 37.8 Å². The molecule has 3 heterocycles. The fraction of sp³-hybridized carbons (Fsp3) is 0.947. The van der Waals surface area contributed by atoms with Gasteiger partial charge >= 0.3 is 5.97 Å². The van der Waals surface area contributed by atoms with Crippen molar-refractivity contribution in [3.05, 3.63) is 0 Å². The Morgan fingerprint density at radius 3 is 2.04 bits per heavy atom. The van der Waals surface area contributed by atoms with Gasteiger partial charge in [-0.1, -0.05) is 39.8 Å². The number of aliphatic hydroxyl groups is 5. The molecule has 0 spiro atoms. The van der Waals surface area contributed by atoms with E-state index in [1.807, 2.05) is 39.8 Å². The van der Waals surface area contributed by atoms with Crippen LogP contribution in [0.4, 0.5) is 0 Å². The van der Waals surface area contributed by atoms with E-state index in [1.54, 1.807) is 48.5 Å². The van der Waals surface area contributed by atoms with Crippen LogP contribution in [-0.2, 0) is 33.2 Å². The van der Waals surface area contributed by atoms with E-state index in [-0.39, 0.29) is 43.5 Å². The van der Waals surface area contributed by atoms with Crippen molar-refractivity contribution in [3.63, 3.8) is 0 Å². The number of hydrogen-bond donors (Lipinski definition) is 6. The van der Waals surface area contributed by atoms with Crippen molar-refractivity contribution in [1.82, 2.24) is 4.90 Å². The number of methoxy groups -OCH3 is 1. The molecule has 0 saturated carbocycles. The lowest BCUT2D eigenvalue weighted by molar-refractivity contribution is -0.307. The molecule has 0 aromatic rings. The topological polar surface area (TPSA) is 209 Å². The number of carbonyl (C=O) groups is 1. The average molecular weight is 765 g/mol. The van der Waals surface area contributed by atoms with Gasteiger partial charge in [-0.15, -0.1) is 0 Å². The minimum atomic E-state index is -1.96. The van der Waals surface area contributed by atoms with Crippen molar-refractivity contribution >= 4 is 11.7 Å². The first-order chi connectivity index (χ1) is 24.5. The Hall–Kier alpha value is -1.50. The SMILES string of the molecule is CC.CC[C@H]1OC(=O)C(C)[C@@H](OC2CC(C)(OC)C(O)C(C)O2)C[C@@H](OC2OC(C)CC(N(C)C)C2O)[C@](C)(O)C[C@@H](C)/C(=N\O)[C@H](C)[C@@H](O)[C@]1(C)O. The number of hydrogen-bond acceptors (Lipinski definition) is 15. The zero-order valence-corrected chi connectivity index (χ0v) is 34.6. The average Bonchev–Trinajstić information content (AvgIpc) is 3.09. The van der Waals surface area contributed by atoms with Crippen molar-refractivity contribution in [2.24, 2.45) is 22.9 Å². The molecule has 0 aromatic heterocycles. The van der Waals surface area contributed by atoms with Crippen LogP contribution in [0.25, 0.3) is 0 Å². The molecule has 312 valence electrons. The summed E-state index contributed by atoms with van der Waals surface area (Å²) in [6, 6.07) is -0.313. The first-order valence-electron chi connectivity index (χ1n) is 19.3. The molecule has 3 fully saturated rings. The van der Waals surface area contributed by atoms with Crippen molar-refractivity contribution in [2.45, 2.75) is 193 Å². The zero-order chi connectivity index (χ0) is 40.8. The second kappa shape index (κ2) is 19.6. The number of rotatable bonds is 7. The summed E-state index contributed by atoms with van der Waals surface area (Å²) in [6.07, 6.45) is -9.46. The fourth-order valence-corrected chi connectivity index (χ4v) is 8.02. The van der Waals surface area contributed by atoms with Gasteiger partial charge in [0.15, 0.2) is 12.6 Å². The van der Waals surface area contributed by atoms with Crippen LogP contribution in [0.2, 0.25) is 0 Å². The standard InChI is InChI=1S/C36H66N2O13.C2H6/c1-13-25-36(9,44)30(40)21(5)28(37-45)18(2)16-34(7,43)26(51-33-29(39)23(38(10)11)14-19(3)47-33)15-24(20(4)32(42)50-25)49-27-17-35(8,46-12)31(41)22(6)48-27;1-2/h18-27,29-31,33,39-41,43-45H,13-17H2,1-12H3;1-2H3/b37-28+;/t18-,19?,20?,21+,22?,23?,24+,25-,26-,27?,29?,30-,31?,33?,34-,35?,36-;/m1./s1. The van der Waals surface area contributed by atoms with Crippen molar-refractivity contribution < 1.29 is 64.0 Å². The molecule has 0 amide bonds. The van der Waals surface area contributed by atoms with Crippen LogP contribution in [0, 0.1) is 17.8 Å². The second-order valence-electron chi connectivity index (χ2n) is 16.1. The van der Waals surface area contributed by atoms with Gasteiger partial charge in [-0.3, -0.25) is 4.79 Å².